The second-order valence-electron chi connectivity index (χ2n) is 15.3. The Morgan fingerprint density at radius 3 is 2.02 bits per heavy atom. The summed E-state index contributed by atoms with van der Waals surface area (Å²) < 4.78 is 2.44. The van der Waals surface area contributed by atoms with Crippen molar-refractivity contribution in [2.24, 2.45) is 4.99 Å². The average Bonchev–Trinajstić information content (AvgIpc) is 3.63. The van der Waals surface area contributed by atoms with E-state index in [0.717, 1.165) is 48.5 Å². The predicted octanol–water partition coefficient (Wildman–Crippen LogP) is 14.0. The van der Waals surface area contributed by atoms with Crippen LogP contribution in [0.25, 0.3) is 73.2 Å². The zero-order valence-electron chi connectivity index (χ0n) is 32.8. The highest BCUT2D eigenvalue weighted by Crippen LogP contribution is 2.40. The number of hydrogen-bond acceptors (Lipinski definition) is 2. The van der Waals surface area contributed by atoms with Gasteiger partial charge in [-0.3, -0.25) is 0 Å². The van der Waals surface area contributed by atoms with E-state index in [1.54, 1.807) is 0 Å². The summed E-state index contributed by atoms with van der Waals surface area (Å²) in [6.07, 6.45) is 27.0. The number of fused-ring (bicyclic) bond motifs is 4. The van der Waals surface area contributed by atoms with Crippen LogP contribution in [0.1, 0.15) is 60.4 Å². The van der Waals surface area contributed by atoms with Gasteiger partial charge in [-0.15, -0.1) is 0 Å². The lowest BCUT2D eigenvalue weighted by atomic mass is 9.90. The van der Waals surface area contributed by atoms with Crippen molar-refractivity contribution in [1.82, 2.24) is 9.88 Å². The van der Waals surface area contributed by atoms with Gasteiger partial charge in [0.05, 0.1) is 29.0 Å². The molecule has 0 spiro atoms. The first-order valence-electron chi connectivity index (χ1n) is 20.6. The highest BCUT2D eigenvalue weighted by Gasteiger charge is 2.24. The predicted molar refractivity (Wildman–Crippen MR) is 249 cm³/mol. The molecule has 1 aromatic heterocycles. The third-order valence-electron chi connectivity index (χ3n) is 11.6. The quantitative estimate of drug-likeness (QED) is 0.154. The summed E-state index contributed by atoms with van der Waals surface area (Å²) in [7, 11) is 0. The van der Waals surface area contributed by atoms with E-state index in [2.05, 4.69) is 205 Å². The normalized spacial score (nSPS) is 15.8. The number of nitrogens with zero attached hydrogens (tertiary/aromatic N) is 2. The topological polar surface area (TPSA) is 29.3 Å². The van der Waals surface area contributed by atoms with Crippen LogP contribution in [0.4, 0.5) is 0 Å². The van der Waals surface area contributed by atoms with Gasteiger partial charge in [-0.05, 0) is 112 Å². The van der Waals surface area contributed by atoms with E-state index in [4.69, 9.17) is 4.99 Å². The molecule has 0 atom stereocenters. The van der Waals surface area contributed by atoms with Crippen molar-refractivity contribution in [2.45, 2.75) is 32.6 Å². The first kappa shape index (κ1) is 35.4. The van der Waals surface area contributed by atoms with Crippen molar-refractivity contribution in [3.63, 3.8) is 0 Å². The number of para-hydroxylation sites is 1. The van der Waals surface area contributed by atoms with E-state index in [1.807, 2.05) is 0 Å². The fourth-order valence-corrected chi connectivity index (χ4v) is 8.82. The molecule has 58 heavy (non-hydrogen) atoms. The second kappa shape index (κ2) is 15.5. The number of rotatable bonds is 8. The number of allylic oxidation sites excluding steroid dienone is 8. The number of aromatic nitrogens is 1. The molecule has 0 fully saturated rings. The van der Waals surface area contributed by atoms with Crippen LogP contribution in [0.15, 0.2) is 186 Å². The Morgan fingerprint density at radius 1 is 0.569 bits per heavy atom. The summed E-state index contributed by atoms with van der Waals surface area (Å²) in [4.78, 5) is 5.35. The SMILES string of the molecule is C/C=C\c1cc(-c2ccc3c(c2)c2ccccc2n3C2=C(C3=CCCC=C3)N=C(c3ccccc3)NC2)c2ccccc2c1/C=C\c1ccc(C2=CCCC=C2)cc1. The van der Waals surface area contributed by atoms with Crippen molar-refractivity contribution in [2.75, 3.05) is 6.54 Å². The maximum absolute atomic E-state index is 5.35. The van der Waals surface area contributed by atoms with E-state index >= 15 is 0 Å². The molecule has 3 heteroatoms. The zero-order valence-corrected chi connectivity index (χ0v) is 32.8. The molecule has 0 saturated heterocycles. The molecule has 2 heterocycles. The molecule has 3 aliphatic rings. The summed E-state index contributed by atoms with van der Waals surface area (Å²) >= 11 is 0. The minimum Gasteiger partial charge on any atom is -0.364 e. The van der Waals surface area contributed by atoms with Crippen LogP contribution in [0.2, 0.25) is 0 Å². The molecule has 0 saturated carbocycles. The van der Waals surface area contributed by atoms with Gasteiger partial charge in [-0.2, -0.15) is 0 Å². The van der Waals surface area contributed by atoms with E-state index in [9.17, 15) is 0 Å². The van der Waals surface area contributed by atoms with Gasteiger partial charge in [0.15, 0.2) is 0 Å². The van der Waals surface area contributed by atoms with E-state index in [-0.39, 0.29) is 0 Å². The van der Waals surface area contributed by atoms with E-state index < -0.39 is 0 Å². The van der Waals surface area contributed by atoms with Gasteiger partial charge in [-0.25, -0.2) is 4.99 Å². The van der Waals surface area contributed by atoms with Crippen LogP contribution in [-0.2, 0) is 0 Å². The van der Waals surface area contributed by atoms with Crippen molar-refractivity contribution < 1.29 is 0 Å². The van der Waals surface area contributed by atoms with Gasteiger partial charge >= 0.3 is 0 Å². The zero-order chi connectivity index (χ0) is 38.8. The van der Waals surface area contributed by atoms with Crippen molar-refractivity contribution >= 4 is 67.9 Å². The maximum Gasteiger partial charge on any atom is 0.134 e. The van der Waals surface area contributed by atoms with Gasteiger partial charge in [-0.1, -0.05) is 164 Å². The van der Waals surface area contributed by atoms with Crippen molar-refractivity contribution in [1.29, 1.82) is 0 Å². The molecule has 280 valence electrons. The Kier molecular flexibility index (Phi) is 9.48. The largest absolute Gasteiger partial charge is 0.364 e. The molecule has 7 aromatic rings. The third kappa shape index (κ3) is 6.59. The molecule has 3 nitrogen and oxygen atoms in total. The number of amidine groups is 1. The number of hydrogen-bond donors (Lipinski definition) is 1. The van der Waals surface area contributed by atoms with Crippen LogP contribution in [0.5, 0.6) is 0 Å². The monoisotopic (exact) mass is 747 g/mol. The summed E-state index contributed by atoms with van der Waals surface area (Å²) in [5, 5.41) is 8.64. The van der Waals surface area contributed by atoms with Gasteiger partial charge in [0.1, 0.15) is 5.84 Å². The maximum atomic E-state index is 5.35. The van der Waals surface area contributed by atoms with Crippen LogP contribution in [-0.4, -0.2) is 16.9 Å². The van der Waals surface area contributed by atoms with Crippen LogP contribution in [0.3, 0.4) is 0 Å². The molecule has 0 bridgehead atoms. The lowest BCUT2D eigenvalue weighted by Crippen LogP contribution is -2.32. The molecule has 0 radical (unpaired) electrons. The van der Waals surface area contributed by atoms with Gasteiger partial charge in [0.2, 0.25) is 0 Å². The number of nitrogens with one attached hydrogen (secondary N) is 1. The van der Waals surface area contributed by atoms with Gasteiger partial charge in [0.25, 0.3) is 0 Å². The summed E-state index contributed by atoms with van der Waals surface area (Å²) in [6.45, 7) is 2.77. The molecule has 6 aromatic carbocycles. The molecule has 1 aliphatic heterocycles. The average molecular weight is 748 g/mol. The van der Waals surface area contributed by atoms with Crippen molar-refractivity contribution in [3.05, 3.63) is 209 Å². The Bertz CT molecular complexity index is 2970. The number of benzene rings is 6. The smallest absolute Gasteiger partial charge is 0.134 e. The lowest BCUT2D eigenvalue weighted by Gasteiger charge is -2.25. The summed E-state index contributed by atoms with van der Waals surface area (Å²) in [5.41, 5.74) is 15.5. The fourth-order valence-electron chi connectivity index (χ4n) is 8.82. The van der Waals surface area contributed by atoms with Crippen LogP contribution in [0, 0.1) is 0 Å². The third-order valence-corrected chi connectivity index (χ3v) is 11.6. The highest BCUT2D eigenvalue weighted by atomic mass is 15.1. The minimum atomic E-state index is 0.662. The van der Waals surface area contributed by atoms with E-state index in [1.165, 1.54) is 77.1 Å². The minimum absolute atomic E-state index is 0.662. The standard InChI is InChI=1S/C55H45N3/c1-2-16-43-35-49(47-24-13-12-23-46(47)45(43)33-29-38-27-30-40(31-28-38)39-17-6-3-7-18-39)44-32-34-52-50(36-44)48-25-14-15-26-51(48)58(52)53-37-56-55(42-21-10-5-11-22-42)57-54(53)41-19-8-4-9-20-41/h2,5-6,8,10-36H,3-4,7,9,37H2,1H3,(H,56,57)/b16-2-,33-29-. The van der Waals surface area contributed by atoms with Gasteiger partial charge < -0.3 is 9.88 Å². The Hall–Kier alpha value is -6.97. The molecule has 0 unspecified atom stereocenters. The summed E-state index contributed by atoms with van der Waals surface area (Å²) in [5.74, 6) is 0.910. The molecule has 0 amide bonds. The van der Waals surface area contributed by atoms with Crippen molar-refractivity contribution in [3.8, 4) is 11.1 Å². The molecule has 2 aliphatic carbocycles. The van der Waals surface area contributed by atoms with Crippen LogP contribution < -0.4 is 5.32 Å². The Balaban J connectivity index is 1.10. The molecular formula is C55H45N3. The second-order valence-corrected chi connectivity index (χ2v) is 15.3. The molecule has 10 rings (SSSR count). The summed E-state index contributed by atoms with van der Waals surface area (Å²) in [6, 6.07) is 46.5. The van der Waals surface area contributed by atoms with Crippen LogP contribution >= 0.6 is 0 Å². The first-order valence-corrected chi connectivity index (χ1v) is 20.6. The molecular weight excluding hydrogens is 703 g/mol. The Labute approximate surface area is 340 Å². The first-order chi connectivity index (χ1) is 28.7. The highest BCUT2D eigenvalue weighted by molar-refractivity contribution is 6.13. The fraction of sp³-hybridized carbons (Fsp3) is 0.109. The lowest BCUT2D eigenvalue weighted by molar-refractivity contribution is 0.938. The Morgan fingerprint density at radius 2 is 1.26 bits per heavy atom. The number of aliphatic imine (C=N–C) groups is 1. The van der Waals surface area contributed by atoms with Gasteiger partial charge in [0, 0.05) is 16.3 Å². The van der Waals surface area contributed by atoms with E-state index in [0.29, 0.717) is 6.54 Å². The molecule has 1 N–H and O–H groups in total.